The van der Waals surface area contributed by atoms with E-state index in [1.165, 1.54) is 24.3 Å². The van der Waals surface area contributed by atoms with Gasteiger partial charge >= 0.3 is 5.97 Å². The number of nitro groups is 1. The lowest BCUT2D eigenvalue weighted by atomic mass is 10.2. The van der Waals surface area contributed by atoms with Crippen LogP contribution in [0, 0.1) is 15.9 Å². The molecular weight excluding hydrogens is 343 g/mol. The van der Waals surface area contributed by atoms with Crippen LogP contribution in [0.3, 0.4) is 0 Å². The fraction of sp³-hybridized carbons (Fsp3) is 0.0667. The van der Waals surface area contributed by atoms with E-state index in [1.54, 1.807) is 0 Å². The molecule has 0 bridgehead atoms. The van der Waals surface area contributed by atoms with Gasteiger partial charge in [-0.1, -0.05) is 11.6 Å². The van der Waals surface area contributed by atoms with Gasteiger partial charge in [0.15, 0.2) is 6.61 Å². The van der Waals surface area contributed by atoms with Gasteiger partial charge < -0.3 is 10.1 Å². The van der Waals surface area contributed by atoms with Crippen LogP contribution in [0.15, 0.2) is 42.5 Å². The van der Waals surface area contributed by atoms with Gasteiger partial charge in [0.2, 0.25) is 0 Å². The van der Waals surface area contributed by atoms with Crippen LogP contribution < -0.4 is 5.32 Å². The maximum absolute atomic E-state index is 12.8. The minimum atomic E-state index is -0.799. The summed E-state index contributed by atoms with van der Waals surface area (Å²) in [5, 5.41) is 13.0. The van der Waals surface area contributed by atoms with Gasteiger partial charge in [0.05, 0.1) is 10.5 Å². The molecule has 7 nitrogen and oxygen atoms in total. The number of rotatable bonds is 5. The number of halogens is 2. The Morgan fingerprint density at radius 2 is 1.88 bits per heavy atom. The van der Waals surface area contributed by atoms with Gasteiger partial charge in [-0.2, -0.15) is 0 Å². The molecule has 0 aliphatic heterocycles. The number of carbonyl (C=O) groups excluding carboxylic acids is 2. The molecule has 9 heteroatoms. The summed E-state index contributed by atoms with van der Waals surface area (Å²) in [6.07, 6.45) is 0. The third kappa shape index (κ3) is 4.50. The van der Waals surface area contributed by atoms with Gasteiger partial charge in [-0.3, -0.25) is 14.9 Å². The zero-order valence-corrected chi connectivity index (χ0v) is 12.7. The summed E-state index contributed by atoms with van der Waals surface area (Å²) in [7, 11) is 0. The van der Waals surface area contributed by atoms with Crippen LogP contribution in [-0.4, -0.2) is 23.4 Å². The molecule has 0 atom stereocenters. The number of carbonyl (C=O) groups is 2. The van der Waals surface area contributed by atoms with Crippen molar-refractivity contribution in [1.29, 1.82) is 0 Å². The van der Waals surface area contributed by atoms with Crippen LogP contribution in [0.4, 0.5) is 15.8 Å². The van der Waals surface area contributed by atoms with Crippen LogP contribution in [0.2, 0.25) is 5.02 Å². The molecule has 0 radical (unpaired) electrons. The number of nitro benzene ring substituents is 1. The quantitative estimate of drug-likeness (QED) is 0.506. The minimum absolute atomic E-state index is 0.0688. The third-order valence-corrected chi connectivity index (χ3v) is 3.16. The van der Waals surface area contributed by atoms with Gasteiger partial charge in [-0.15, -0.1) is 0 Å². The lowest BCUT2D eigenvalue weighted by Crippen LogP contribution is -2.21. The Hall–Kier alpha value is -3.00. The molecule has 124 valence electrons. The molecule has 0 aliphatic carbocycles. The lowest BCUT2D eigenvalue weighted by Gasteiger charge is -2.07. The van der Waals surface area contributed by atoms with E-state index in [4.69, 9.17) is 16.3 Å². The summed E-state index contributed by atoms with van der Waals surface area (Å²) in [6.45, 7) is -0.605. The fourth-order valence-corrected chi connectivity index (χ4v) is 1.91. The lowest BCUT2D eigenvalue weighted by molar-refractivity contribution is -0.384. The van der Waals surface area contributed by atoms with Crippen molar-refractivity contribution in [3.8, 4) is 0 Å². The van der Waals surface area contributed by atoms with Crippen LogP contribution in [0.25, 0.3) is 0 Å². The molecule has 0 unspecified atom stereocenters. The molecule has 1 N–H and O–H groups in total. The summed E-state index contributed by atoms with van der Waals surface area (Å²) in [5.41, 5.74) is -0.141. The van der Waals surface area contributed by atoms with E-state index in [1.807, 2.05) is 0 Å². The Morgan fingerprint density at radius 3 is 2.50 bits per heavy atom. The summed E-state index contributed by atoms with van der Waals surface area (Å²) >= 11 is 5.66. The number of hydrogen-bond donors (Lipinski definition) is 1. The SMILES string of the molecule is O=C(COC(=O)c1ccc(F)cc1)Nc1ccc(Cl)c([N+](=O)[O-])c1. The van der Waals surface area contributed by atoms with Gasteiger partial charge in [-0.25, -0.2) is 9.18 Å². The molecule has 0 heterocycles. The monoisotopic (exact) mass is 352 g/mol. The van der Waals surface area contributed by atoms with Crippen molar-refractivity contribution >= 4 is 34.9 Å². The molecule has 0 aromatic heterocycles. The molecular formula is C15H10ClFN2O5. The predicted molar refractivity (Wildman–Crippen MR) is 83.4 cm³/mol. The normalized spacial score (nSPS) is 10.1. The Morgan fingerprint density at radius 1 is 1.21 bits per heavy atom. The van der Waals surface area contributed by atoms with E-state index in [2.05, 4.69) is 5.32 Å². The first-order chi connectivity index (χ1) is 11.4. The maximum Gasteiger partial charge on any atom is 0.338 e. The molecule has 0 fully saturated rings. The van der Waals surface area contributed by atoms with Crippen LogP contribution >= 0.6 is 11.6 Å². The van der Waals surface area contributed by atoms with Gasteiger partial charge in [0, 0.05) is 11.8 Å². The van der Waals surface area contributed by atoms with Gasteiger partial charge in [0.1, 0.15) is 10.8 Å². The number of nitrogens with zero attached hydrogens (tertiary/aromatic N) is 1. The molecule has 0 aliphatic rings. The molecule has 1 amide bonds. The van der Waals surface area contributed by atoms with Crippen molar-refractivity contribution in [2.75, 3.05) is 11.9 Å². The first-order valence-electron chi connectivity index (χ1n) is 6.53. The number of ether oxygens (including phenoxy) is 1. The second-order valence-electron chi connectivity index (χ2n) is 4.55. The highest BCUT2D eigenvalue weighted by Crippen LogP contribution is 2.27. The summed E-state index contributed by atoms with van der Waals surface area (Å²) in [5.74, 6) is -2.00. The average molecular weight is 353 g/mol. The smallest absolute Gasteiger partial charge is 0.338 e. The van der Waals surface area contributed by atoms with Crippen molar-refractivity contribution in [2.45, 2.75) is 0 Å². The minimum Gasteiger partial charge on any atom is -0.452 e. The highest BCUT2D eigenvalue weighted by molar-refractivity contribution is 6.32. The van der Waals surface area contributed by atoms with Crippen LogP contribution in [-0.2, 0) is 9.53 Å². The highest BCUT2D eigenvalue weighted by atomic mass is 35.5. The van der Waals surface area contributed by atoms with Crippen molar-refractivity contribution in [3.05, 3.63) is 69.0 Å². The fourth-order valence-electron chi connectivity index (χ4n) is 1.73. The van der Waals surface area contributed by atoms with Crippen molar-refractivity contribution < 1.29 is 23.6 Å². The standard InChI is InChI=1S/C15H10ClFN2O5/c16-12-6-5-11(7-13(12)19(22)23)18-14(20)8-24-15(21)9-1-3-10(17)4-2-9/h1-7H,8H2,(H,18,20). The Bertz CT molecular complexity index is 795. The zero-order chi connectivity index (χ0) is 17.7. The third-order valence-electron chi connectivity index (χ3n) is 2.84. The predicted octanol–water partition coefficient (Wildman–Crippen LogP) is 3.18. The zero-order valence-electron chi connectivity index (χ0n) is 12.0. The van der Waals surface area contributed by atoms with E-state index in [9.17, 15) is 24.1 Å². The maximum atomic E-state index is 12.8. The topological polar surface area (TPSA) is 98.5 Å². The molecule has 2 aromatic rings. The molecule has 0 saturated carbocycles. The number of nitrogens with one attached hydrogen (secondary N) is 1. The Kier molecular flexibility index (Phi) is 5.43. The first-order valence-corrected chi connectivity index (χ1v) is 6.91. The second-order valence-corrected chi connectivity index (χ2v) is 4.96. The number of hydrogen-bond acceptors (Lipinski definition) is 5. The van der Waals surface area contributed by atoms with Crippen molar-refractivity contribution in [1.82, 2.24) is 0 Å². The molecule has 2 rings (SSSR count). The summed E-state index contributed by atoms with van der Waals surface area (Å²) < 4.78 is 17.5. The average Bonchev–Trinajstić information content (AvgIpc) is 2.55. The highest BCUT2D eigenvalue weighted by Gasteiger charge is 2.15. The van der Waals surface area contributed by atoms with Crippen LogP contribution in [0.1, 0.15) is 10.4 Å². The number of esters is 1. The first kappa shape index (κ1) is 17.4. The van der Waals surface area contributed by atoms with Gasteiger partial charge in [0.25, 0.3) is 11.6 Å². The van der Waals surface area contributed by atoms with Crippen molar-refractivity contribution in [3.63, 3.8) is 0 Å². The molecule has 24 heavy (non-hydrogen) atoms. The molecule has 0 spiro atoms. The molecule has 0 saturated heterocycles. The molecule has 2 aromatic carbocycles. The largest absolute Gasteiger partial charge is 0.452 e. The number of anilines is 1. The van der Waals surface area contributed by atoms with Crippen molar-refractivity contribution in [2.24, 2.45) is 0 Å². The van der Waals surface area contributed by atoms with E-state index < -0.39 is 29.2 Å². The van der Waals surface area contributed by atoms with Crippen LogP contribution in [0.5, 0.6) is 0 Å². The van der Waals surface area contributed by atoms with E-state index in [0.29, 0.717) is 0 Å². The van der Waals surface area contributed by atoms with E-state index >= 15 is 0 Å². The Balaban J connectivity index is 1.94. The van der Waals surface area contributed by atoms with E-state index in [0.717, 1.165) is 18.2 Å². The second kappa shape index (κ2) is 7.51. The van der Waals surface area contributed by atoms with E-state index in [-0.39, 0.29) is 22.0 Å². The summed E-state index contributed by atoms with van der Waals surface area (Å²) in [4.78, 5) is 33.5. The number of benzene rings is 2. The number of amides is 1. The van der Waals surface area contributed by atoms with Gasteiger partial charge in [-0.05, 0) is 36.4 Å². The summed E-state index contributed by atoms with van der Waals surface area (Å²) in [6, 6.07) is 8.33. The Labute approximate surface area is 140 Å².